The highest BCUT2D eigenvalue weighted by atomic mass is 32.2. The van der Waals surface area contributed by atoms with Crippen LogP contribution in [0.25, 0.3) is 0 Å². The Morgan fingerprint density at radius 2 is 1.72 bits per heavy atom. The Kier molecular flexibility index (Phi) is 5.93. The maximum atomic E-state index is 13.0. The average molecular weight is 413 g/mol. The monoisotopic (exact) mass is 413 g/mol. The predicted octanol–water partition coefficient (Wildman–Crippen LogP) is 2.07. The summed E-state index contributed by atoms with van der Waals surface area (Å²) in [6.45, 7) is 0. The first-order valence-electron chi connectivity index (χ1n) is 8.48. The minimum Gasteiger partial charge on any atom is -0.497 e. The van der Waals surface area contributed by atoms with Gasteiger partial charge in [-0.25, -0.2) is 18.4 Å². The van der Waals surface area contributed by atoms with Crippen LogP contribution in [0, 0.1) is 0 Å². The van der Waals surface area contributed by atoms with Gasteiger partial charge < -0.3 is 4.74 Å². The molecule has 0 unspecified atom stereocenters. The predicted molar refractivity (Wildman–Crippen MR) is 108 cm³/mol. The van der Waals surface area contributed by atoms with Crippen molar-refractivity contribution in [3.05, 3.63) is 72.6 Å². The zero-order valence-electron chi connectivity index (χ0n) is 15.7. The van der Waals surface area contributed by atoms with Gasteiger partial charge in [-0.1, -0.05) is 6.07 Å². The molecule has 0 atom stereocenters. The van der Waals surface area contributed by atoms with Crippen LogP contribution < -0.4 is 19.9 Å². The van der Waals surface area contributed by atoms with E-state index in [1.165, 1.54) is 50.8 Å². The molecule has 0 spiro atoms. The second kappa shape index (κ2) is 8.57. The third-order valence-corrected chi connectivity index (χ3v) is 5.83. The highest BCUT2D eigenvalue weighted by molar-refractivity contribution is 7.92. The van der Waals surface area contributed by atoms with Crippen molar-refractivity contribution >= 4 is 27.6 Å². The van der Waals surface area contributed by atoms with E-state index >= 15 is 0 Å². The zero-order valence-corrected chi connectivity index (χ0v) is 16.6. The molecular weight excluding hydrogens is 394 g/mol. The highest BCUT2D eigenvalue weighted by Gasteiger charge is 2.22. The second-order valence-electron chi connectivity index (χ2n) is 5.85. The van der Waals surface area contributed by atoms with Crippen LogP contribution in [0.2, 0.25) is 0 Å². The van der Waals surface area contributed by atoms with E-state index in [9.17, 15) is 13.2 Å². The van der Waals surface area contributed by atoms with Crippen LogP contribution in [-0.4, -0.2) is 38.5 Å². The summed E-state index contributed by atoms with van der Waals surface area (Å²) in [5.41, 5.74) is 5.62. The van der Waals surface area contributed by atoms with E-state index in [0.29, 0.717) is 11.4 Å². The van der Waals surface area contributed by atoms with E-state index in [2.05, 4.69) is 20.8 Å². The number of aromatic nitrogens is 2. The zero-order chi connectivity index (χ0) is 20.9. The number of methoxy groups -OCH3 is 1. The first kappa shape index (κ1) is 20.1. The van der Waals surface area contributed by atoms with Crippen LogP contribution in [0.4, 0.5) is 11.6 Å². The van der Waals surface area contributed by atoms with Crippen molar-refractivity contribution in [1.29, 1.82) is 0 Å². The van der Waals surface area contributed by atoms with Crippen molar-refractivity contribution in [3.63, 3.8) is 0 Å². The van der Waals surface area contributed by atoms with Gasteiger partial charge in [0.25, 0.3) is 15.9 Å². The molecule has 0 aliphatic carbocycles. The van der Waals surface area contributed by atoms with Gasteiger partial charge in [-0.05, 0) is 48.5 Å². The highest BCUT2D eigenvalue weighted by Crippen LogP contribution is 2.24. The van der Waals surface area contributed by atoms with Crippen LogP contribution in [-0.2, 0) is 10.0 Å². The van der Waals surface area contributed by atoms with E-state index in [4.69, 9.17) is 4.74 Å². The minimum atomic E-state index is -3.87. The molecule has 0 radical (unpaired) electrons. The number of amides is 1. The van der Waals surface area contributed by atoms with Gasteiger partial charge in [0.1, 0.15) is 5.75 Å². The number of hydrogen-bond donors (Lipinski definition) is 2. The third kappa shape index (κ3) is 4.61. The topological polar surface area (TPSA) is 114 Å². The minimum absolute atomic E-state index is 0.0144. The number of benzene rings is 2. The van der Waals surface area contributed by atoms with Gasteiger partial charge in [0.05, 0.1) is 17.7 Å². The Balaban J connectivity index is 1.78. The van der Waals surface area contributed by atoms with E-state index < -0.39 is 15.9 Å². The maximum absolute atomic E-state index is 13.0. The standard InChI is InChI=1S/C19H19N5O4S/c1-24(15-7-9-16(28-2)10-8-15)29(26,27)17-6-3-5-14(13-17)18(25)22-23-19-20-11-4-12-21-19/h3-13H,1-2H3,(H,22,25)(H,20,21,23). The number of hydrogen-bond acceptors (Lipinski definition) is 7. The van der Waals surface area contributed by atoms with Crippen molar-refractivity contribution in [1.82, 2.24) is 15.4 Å². The molecule has 1 aromatic heterocycles. The lowest BCUT2D eigenvalue weighted by Gasteiger charge is -2.20. The fourth-order valence-corrected chi connectivity index (χ4v) is 3.68. The molecule has 1 amide bonds. The Labute approximate surface area is 168 Å². The molecule has 0 fully saturated rings. The summed E-state index contributed by atoms with van der Waals surface area (Å²) >= 11 is 0. The number of sulfonamides is 1. The smallest absolute Gasteiger partial charge is 0.269 e. The van der Waals surface area contributed by atoms with Crippen molar-refractivity contribution in [2.75, 3.05) is 23.9 Å². The lowest BCUT2D eigenvalue weighted by Crippen LogP contribution is -2.31. The number of nitrogens with zero attached hydrogens (tertiary/aromatic N) is 3. The van der Waals surface area contributed by atoms with E-state index in [-0.39, 0.29) is 16.4 Å². The number of ether oxygens (including phenoxy) is 1. The van der Waals surface area contributed by atoms with Gasteiger partial charge in [-0.2, -0.15) is 0 Å². The number of carbonyl (C=O) groups is 1. The summed E-state index contributed by atoms with van der Waals surface area (Å²) in [6, 6.07) is 14.0. The molecule has 1 heterocycles. The molecular formula is C19H19N5O4S. The second-order valence-corrected chi connectivity index (χ2v) is 7.82. The number of rotatable bonds is 7. The number of nitrogens with one attached hydrogen (secondary N) is 2. The van der Waals surface area contributed by atoms with Gasteiger partial charge in [-0.3, -0.25) is 20.0 Å². The van der Waals surface area contributed by atoms with Gasteiger partial charge >= 0.3 is 0 Å². The summed E-state index contributed by atoms with van der Waals surface area (Å²) in [4.78, 5) is 20.2. The molecule has 150 valence electrons. The fraction of sp³-hybridized carbons (Fsp3) is 0.105. The van der Waals surface area contributed by atoms with Crippen LogP contribution in [0.15, 0.2) is 71.9 Å². The Hall–Kier alpha value is -3.66. The third-order valence-electron chi connectivity index (χ3n) is 4.04. The first-order valence-corrected chi connectivity index (χ1v) is 9.92. The normalized spacial score (nSPS) is 10.8. The lowest BCUT2D eigenvalue weighted by atomic mass is 10.2. The van der Waals surface area contributed by atoms with Crippen LogP contribution in [0.3, 0.4) is 0 Å². The fourth-order valence-electron chi connectivity index (χ4n) is 2.44. The largest absolute Gasteiger partial charge is 0.497 e. The molecule has 29 heavy (non-hydrogen) atoms. The first-order chi connectivity index (χ1) is 13.9. The van der Waals surface area contributed by atoms with Crippen molar-refractivity contribution in [3.8, 4) is 5.75 Å². The van der Waals surface area contributed by atoms with Crippen molar-refractivity contribution in [2.45, 2.75) is 4.90 Å². The molecule has 0 saturated heterocycles. The molecule has 0 aliphatic heterocycles. The molecule has 10 heteroatoms. The summed E-state index contributed by atoms with van der Waals surface area (Å²) in [5.74, 6) is 0.304. The van der Waals surface area contributed by atoms with E-state index in [1.807, 2.05) is 0 Å². The van der Waals surface area contributed by atoms with Crippen molar-refractivity contribution in [2.24, 2.45) is 0 Å². The summed E-state index contributed by atoms with van der Waals surface area (Å²) in [7, 11) is -0.892. The molecule has 0 saturated carbocycles. The number of anilines is 2. The summed E-state index contributed by atoms with van der Waals surface area (Å²) < 4.78 is 32.2. The molecule has 2 aromatic carbocycles. The van der Waals surface area contributed by atoms with Gasteiger partial charge in [0.2, 0.25) is 5.95 Å². The molecule has 0 aliphatic rings. The Bertz CT molecular complexity index is 1090. The molecule has 0 bridgehead atoms. The maximum Gasteiger partial charge on any atom is 0.269 e. The number of hydrazine groups is 1. The summed E-state index contributed by atoms with van der Waals surface area (Å²) in [6.07, 6.45) is 3.04. The summed E-state index contributed by atoms with van der Waals surface area (Å²) in [5, 5.41) is 0. The molecule has 2 N–H and O–H groups in total. The quantitative estimate of drug-likeness (QED) is 0.570. The average Bonchev–Trinajstić information content (AvgIpc) is 2.77. The van der Waals surface area contributed by atoms with E-state index in [0.717, 1.165) is 4.31 Å². The molecule has 3 rings (SSSR count). The van der Waals surface area contributed by atoms with Crippen LogP contribution in [0.5, 0.6) is 5.75 Å². The Morgan fingerprint density at radius 3 is 2.38 bits per heavy atom. The SMILES string of the molecule is COc1ccc(N(C)S(=O)(=O)c2cccc(C(=O)NNc3ncccn3)c2)cc1. The Morgan fingerprint density at radius 1 is 1.03 bits per heavy atom. The van der Waals surface area contributed by atoms with Gasteiger partial charge in [-0.15, -0.1) is 0 Å². The van der Waals surface area contributed by atoms with Crippen LogP contribution in [0.1, 0.15) is 10.4 Å². The van der Waals surface area contributed by atoms with Crippen molar-refractivity contribution < 1.29 is 17.9 Å². The molecule has 3 aromatic rings. The lowest BCUT2D eigenvalue weighted by molar-refractivity contribution is 0.0962. The van der Waals surface area contributed by atoms with Crippen LogP contribution >= 0.6 is 0 Å². The van der Waals surface area contributed by atoms with E-state index in [1.54, 1.807) is 30.3 Å². The van der Waals surface area contributed by atoms with Gasteiger partial charge in [0.15, 0.2) is 0 Å². The molecule has 9 nitrogen and oxygen atoms in total. The van der Waals surface area contributed by atoms with Gasteiger partial charge in [0, 0.05) is 25.0 Å². The number of carbonyl (C=O) groups excluding carboxylic acids is 1.